The molecular formula is C24H18N4O2S. The van der Waals surface area contributed by atoms with Gasteiger partial charge in [-0.1, -0.05) is 6.07 Å². The second kappa shape index (κ2) is 7.45. The summed E-state index contributed by atoms with van der Waals surface area (Å²) in [6.45, 7) is 3.99. The van der Waals surface area contributed by atoms with Gasteiger partial charge < -0.3 is 5.32 Å². The highest BCUT2D eigenvalue weighted by atomic mass is 32.1. The van der Waals surface area contributed by atoms with Crippen LogP contribution in [0.2, 0.25) is 0 Å². The zero-order chi connectivity index (χ0) is 21.5. The molecule has 1 N–H and O–H groups in total. The third-order valence-electron chi connectivity index (χ3n) is 5.04. The fraction of sp³-hybridized carbons (Fsp3) is 0.0833. The van der Waals surface area contributed by atoms with Gasteiger partial charge >= 0.3 is 0 Å². The van der Waals surface area contributed by atoms with Crippen molar-refractivity contribution in [2.45, 2.75) is 13.8 Å². The first-order valence-electron chi connectivity index (χ1n) is 9.75. The molecule has 0 unspecified atom stereocenters. The summed E-state index contributed by atoms with van der Waals surface area (Å²) in [5, 5.41) is 3.70. The smallest absolute Gasteiger partial charge is 0.270 e. The molecule has 0 spiro atoms. The van der Waals surface area contributed by atoms with Crippen LogP contribution < -0.4 is 10.9 Å². The van der Waals surface area contributed by atoms with Crippen molar-refractivity contribution in [1.29, 1.82) is 0 Å². The Bertz CT molecular complexity index is 1520. The maximum atomic E-state index is 12.7. The van der Waals surface area contributed by atoms with Crippen LogP contribution in [-0.4, -0.2) is 20.3 Å². The van der Waals surface area contributed by atoms with Crippen molar-refractivity contribution in [3.05, 3.63) is 94.0 Å². The molecule has 2 aromatic carbocycles. The predicted molar refractivity (Wildman–Crippen MR) is 124 cm³/mol. The molecule has 0 radical (unpaired) electrons. The van der Waals surface area contributed by atoms with Crippen molar-refractivity contribution in [2.75, 3.05) is 5.32 Å². The van der Waals surface area contributed by atoms with Gasteiger partial charge in [-0.25, -0.2) is 9.97 Å². The summed E-state index contributed by atoms with van der Waals surface area (Å²) in [6.07, 6.45) is 2.95. The zero-order valence-electron chi connectivity index (χ0n) is 16.9. The number of anilines is 1. The van der Waals surface area contributed by atoms with Gasteiger partial charge in [0.05, 0.1) is 10.2 Å². The van der Waals surface area contributed by atoms with E-state index >= 15 is 0 Å². The summed E-state index contributed by atoms with van der Waals surface area (Å²) in [5.74, 6) is -0.490. The van der Waals surface area contributed by atoms with E-state index in [0.717, 1.165) is 26.4 Å². The molecule has 5 aromatic rings. The average Bonchev–Trinajstić information content (AvgIpc) is 3.17. The summed E-state index contributed by atoms with van der Waals surface area (Å²) >= 11 is 1.63. The Balaban J connectivity index is 1.39. The molecule has 1 amide bonds. The largest absolute Gasteiger partial charge is 0.322 e. The van der Waals surface area contributed by atoms with E-state index in [0.29, 0.717) is 11.3 Å². The van der Waals surface area contributed by atoms with Crippen LogP contribution in [0.1, 0.15) is 21.5 Å². The third kappa shape index (κ3) is 3.60. The fourth-order valence-corrected chi connectivity index (χ4v) is 4.45. The van der Waals surface area contributed by atoms with Gasteiger partial charge in [0, 0.05) is 23.6 Å². The van der Waals surface area contributed by atoms with E-state index in [1.807, 2.05) is 25.1 Å². The summed E-state index contributed by atoms with van der Waals surface area (Å²) in [4.78, 5) is 34.3. The molecule has 0 saturated heterocycles. The molecule has 0 saturated carbocycles. The Morgan fingerprint density at radius 3 is 2.58 bits per heavy atom. The lowest BCUT2D eigenvalue weighted by Gasteiger charge is -2.07. The van der Waals surface area contributed by atoms with Gasteiger partial charge in [0.1, 0.15) is 16.2 Å². The van der Waals surface area contributed by atoms with Crippen LogP contribution >= 0.6 is 11.3 Å². The first-order chi connectivity index (χ1) is 15.0. The molecule has 31 heavy (non-hydrogen) atoms. The second-order valence-electron chi connectivity index (χ2n) is 7.43. The topological polar surface area (TPSA) is 76.4 Å². The lowest BCUT2D eigenvalue weighted by molar-refractivity contribution is 0.102. The van der Waals surface area contributed by atoms with Crippen LogP contribution in [0.25, 0.3) is 26.4 Å². The van der Waals surface area contributed by atoms with Crippen LogP contribution in [0.15, 0.2) is 71.8 Å². The Morgan fingerprint density at radius 1 is 1.00 bits per heavy atom. The number of hydrogen-bond donors (Lipinski definition) is 1. The van der Waals surface area contributed by atoms with Crippen LogP contribution in [0.4, 0.5) is 5.69 Å². The fourth-order valence-electron chi connectivity index (χ4n) is 3.38. The molecule has 7 heteroatoms. The van der Waals surface area contributed by atoms with Crippen LogP contribution in [-0.2, 0) is 0 Å². The molecule has 3 aromatic heterocycles. The number of nitrogens with one attached hydrogen (secondary N) is 1. The minimum Gasteiger partial charge on any atom is -0.322 e. The summed E-state index contributed by atoms with van der Waals surface area (Å²) in [5.41, 5.74) is 4.84. The highest BCUT2D eigenvalue weighted by molar-refractivity contribution is 7.21. The van der Waals surface area contributed by atoms with Gasteiger partial charge in [-0.05, 0) is 73.5 Å². The molecule has 0 atom stereocenters. The first-order valence-corrected chi connectivity index (χ1v) is 10.6. The number of fused-ring (bicyclic) bond motifs is 2. The number of thiazole rings is 1. The van der Waals surface area contributed by atoms with Crippen LogP contribution in [0, 0.1) is 13.8 Å². The average molecular weight is 427 g/mol. The van der Waals surface area contributed by atoms with Crippen LogP contribution in [0.5, 0.6) is 0 Å². The molecule has 152 valence electrons. The van der Waals surface area contributed by atoms with Crippen molar-refractivity contribution in [3.8, 4) is 10.6 Å². The molecule has 0 bridgehead atoms. The Morgan fingerprint density at radius 2 is 1.77 bits per heavy atom. The van der Waals surface area contributed by atoms with Crippen molar-refractivity contribution in [2.24, 2.45) is 0 Å². The number of pyridine rings is 1. The highest BCUT2D eigenvalue weighted by Gasteiger charge is 2.14. The summed E-state index contributed by atoms with van der Waals surface area (Å²) in [6, 6.07) is 17.2. The van der Waals surface area contributed by atoms with E-state index in [1.54, 1.807) is 41.8 Å². The van der Waals surface area contributed by atoms with Crippen molar-refractivity contribution >= 4 is 38.8 Å². The lowest BCUT2D eigenvalue weighted by Crippen LogP contribution is -2.26. The maximum Gasteiger partial charge on any atom is 0.270 e. The number of benzene rings is 2. The van der Waals surface area contributed by atoms with Gasteiger partial charge in [0.2, 0.25) is 0 Å². The molecule has 5 rings (SSSR count). The standard InChI is InChI=1S/C24H18N4O2S/c1-14-3-8-19-20(11-14)31-23(27-19)16-4-6-17(7-5-16)26-22(29)18-13-25-21-12-15(2)9-10-28(21)24(18)30/h3-13H,1-2H3,(H,26,29). The molecule has 3 heterocycles. The molecule has 0 fully saturated rings. The number of rotatable bonds is 3. The minimum absolute atomic E-state index is 0.00743. The molecular weight excluding hydrogens is 408 g/mol. The SMILES string of the molecule is Cc1ccc2nc(-c3ccc(NC(=O)c4cnc5cc(C)ccn5c4=O)cc3)sc2c1. The van der Waals surface area contributed by atoms with E-state index in [-0.39, 0.29) is 5.56 Å². The number of carbonyl (C=O) groups is 1. The lowest BCUT2D eigenvalue weighted by atomic mass is 10.2. The number of aryl methyl sites for hydroxylation is 2. The van der Waals surface area contributed by atoms with Gasteiger partial charge in [0.15, 0.2) is 0 Å². The van der Waals surface area contributed by atoms with Crippen molar-refractivity contribution in [3.63, 3.8) is 0 Å². The van der Waals surface area contributed by atoms with Crippen molar-refractivity contribution in [1.82, 2.24) is 14.4 Å². The number of hydrogen-bond acceptors (Lipinski definition) is 5. The third-order valence-corrected chi connectivity index (χ3v) is 6.11. The number of aromatic nitrogens is 3. The molecule has 0 aliphatic heterocycles. The van der Waals surface area contributed by atoms with E-state index in [2.05, 4.69) is 34.3 Å². The summed E-state index contributed by atoms with van der Waals surface area (Å²) in [7, 11) is 0. The Labute approximate surface area is 181 Å². The first kappa shape index (κ1) is 19.1. The second-order valence-corrected chi connectivity index (χ2v) is 8.46. The molecule has 0 aliphatic carbocycles. The zero-order valence-corrected chi connectivity index (χ0v) is 17.7. The minimum atomic E-state index is -0.490. The van der Waals surface area contributed by atoms with Gasteiger partial charge in [-0.15, -0.1) is 11.3 Å². The highest BCUT2D eigenvalue weighted by Crippen LogP contribution is 2.31. The van der Waals surface area contributed by atoms with Crippen LogP contribution in [0.3, 0.4) is 0 Å². The molecule has 6 nitrogen and oxygen atoms in total. The van der Waals surface area contributed by atoms with E-state index < -0.39 is 11.5 Å². The summed E-state index contributed by atoms with van der Waals surface area (Å²) < 4.78 is 2.52. The quantitative estimate of drug-likeness (QED) is 0.448. The van der Waals surface area contributed by atoms with Gasteiger partial charge in [-0.2, -0.15) is 0 Å². The Kier molecular flexibility index (Phi) is 4.60. The van der Waals surface area contributed by atoms with Crippen molar-refractivity contribution < 1.29 is 4.79 Å². The van der Waals surface area contributed by atoms with E-state index in [4.69, 9.17) is 0 Å². The molecule has 0 aliphatic rings. The number of nitrogens with zero attached hydrogens (tertiary/aromatic N) is 3. The number of amides is 1. The van der Waals surface area contributed by atoms with Gasteiger partial charge in [-0.3, -0.25) is 14.0 Å². The predicted octanol–water partition coefficient (Wildman–Crippen LogP) is 4.84. The normalized spacial score (nSPS) is 11.2. The van der Waals surface area contributed by atoms with Gasteiger partial charge in [0.25, 0.3) is 11.5 Å². The maximum absolute atomic E-state index is 12.7. The number of carbonyl (C=O) groups excluding carboxylic acids is 1. The van der Waals surface area contributed by atoms with E-state index in [1.165, 1.54) is 16.2 Å². The Hall–Kier alpha value is -3.84. The van der Waals surface area contributed by atoms with E-state index in [9.17, 15) is 9.59 Å². The monoisotopic (exact) mass is 426 g/mol.